The van der Waals surface area contributed by atoms with Gasteiger partial charge in [-0.15, -0.1) is 0 Å². The Balaban J connectivity index is 1.66. The largest absolute Gasteiger partial charge is 0.376 e. The molecule has 2 nitrogen and oxygen atoms in total. The Morgan fingerprint density at radius 3 is 2.27 bits per heavy atom. The van der Waals surface area contributed by atoms with Gasteiger partial charge in [0.2, 0.25) is 0 Å². The molecule has 0 heterocycles. The van der Waals surface area contributed by atoms with Crippen molar-refractivity contribution < 1.29 is 13.5 Å². The van der Waals surface area contributed by atoms with Gasteiger partial charge in [0.05, 0.1) is 13.2 Å². The molecule has 3 rings (SSSR count). The van der Waals surface area contributed by atoms with Crippen LogP contribution in [0.25, 0.3) is 0 Å². The molecule has 0 aliphatic heterocycles. The summed E-state index contributed by atoms with van der Waals surface area (Å²) < 4.78 is 33.3. The molecule has 0 aromatic heterocycles. The van der Waals surface area contributed by atoms with E-state index in [0.29, 0.717) is 6.61 Å². The van der Waals surface area contributed by atoms with Gasteiger partial charge >= 0.3 is 0 Å². The third kappa shape index (κ3) is 4.89. The molecule has 2 aromatic rings. The van der Waals surface area contributed by atoms with Gasteiger partial charge in [-0.25, -0.2) is 8.78 Å². The quantitative estimate of drug-likeness (QED) is 0.689. The summed E-state index contributed by atoms with van der Waals surface area (Å²) in [6.45, 7) is 6.42. The molecule has 1 saturated carbocycles. The zero-order valence-corrected chi connectivity index (χ0v) is 15.5. The van der Waals surface area contributed by atoms with Gasteiger partial charge in [0.25, 0.3) is 0 Å². The molecular formula is C22H27F2NO. The lowest BCUT2D eigenvalue weighted by molar-refractivity contribution is 0.101. The summed E-state index contributed by atoms with van der Waals surface area (Å²) in [7, 11) is 0. The van der Waals surface area contributed by atoms with Crippen molar-refractivity contribution in [3.63, 3.8) is 0 Å². The number of aryl methyl sites for hydroxylation is 2. The summed E-state index contributed by atoms with van der Waals surface area (Å²) >= 11 is 0. The Labute approximate surface area is 154 Å². The Kier molecular flexibility index (Phi) is 6.38. The van der Waals surface area contributed by atoms with Crippen molar-refractivity contribution in [3.05, 3.63) is 70.3 Å². The fraction of sp³-hybridized carbons (Fsp3) is 0.455. The highest BCUT2D eigenvalue weighted by Crippen LogP contribution is 2.28. The second-order valence-electron chi connectivity index (χ2n) is 7.32. The monoisotopic (exact) mass is 359 g/mol. The molecule has 0 saturated heterocycles. The Morgan fingerprint density at radius 2 is 1.65 bits per heavy atom. The van der Waals surface area contributed by atoms with E-state index in [9.17, 15) is 8.78 Å². The molecule has 4 heteroatoms. The van der Waals surface area contributed by atoms with Crippen molar-refractivity contribution >= 4 is 0 Å². The number of halogens is 2. The fourth-order valence-electron chi connectivity index (χ4n) is 3.47. The number of rotatable bonds is 9. The first-order valence-corrected chi connectivity index (χ1v) is 9.33. The number of nitrogens with one attached hydrogen (secondary N) is 1. The van der Waals surface area contributed by atoms with Crippen LogP contribution in [0.1, 0.15) is 41.0 Å². The SMILES string of the molecule is Cc1cccc(C)c1C(CNCC1CC1)COCc1c(F)cccc1F. The van der Waals surface area contributed by atoms with E-state index in [-0.39, 0.29) is 18.1 Å². The minimum absolute atomic E-state index is 0.00121. The van der Waals surface area contributed by atoms with Crippen molar-refractivity contribution in [2.75, 3.05) is 19.7 Å². The van der Waals surface area contributed by atoms with Crippen LogP contribution in [0.2, 0.25) is 0 Å². The molecule has 140 valence electrons. The second-order valence-corrected chi connectivity index (χ2v) is 7.32. The van der Waals surface area contributed by atoms with E-state index in [1.54, 1.807) is 0 Å². The van der Waals surface area contributed by atoms with E-state index in [4.69, 9.17) is 4.74 Å². The summed E-state index contributed by atoms with van der Waals surface area (Å²) in [5.41, 5.74) is 3.72. The lowest BCUT2D eigenvalue weighted by Crippen LogP contribution is -2.27. The molecule has 26 heavy (non-hydrogen) atoms. The Hall–Kier alpha value is -1.78. The van der Waals surface area contributed by atoms with Gasteiger partial charge in [0, 0.05) is 18.0 Å². The average molecular weight is 359 g/mol. The van der Waals surface area contributed by atoms with Gasteiger partial charge in [-0.3, -0.25) is 0 Å². The van der Waals surface area contributed by atoms with E-state index in [1.165, 1.54) is 47.7 Å². The maximum Gasteiger partial charge on any atom is 0.131 e. The van der Waals surface area contributed by atoms with Gasteiger partial charge < -0.3 is 10.1 Å². The number of ether oxygens (including phenoxy) is 1. The van der Waals surface area contributed by atoms with Gasteiger partial charge in [0.15, 0.2) is 0 Å². The van der Waals surface area contributed by atoms with Crippen molar-refractivity contribution in [3.8, 4) is 0 Å². The second kappa shape index (κ2) is 8.74. The molecule has 1 unspecified atom stereocenters. The van der Waals surface area contributed by atoms with Crippen LogP contribution in [0.15, 0.2) is 36.4 Å². The molecule has 1 atom stereocenters. The van der Waals surface area contributed by atoms with E-state index < -0.39 is 11.6 Å². The topological polar surface area (TPSA) is 21.3 Å². The van der Waals surface area contributed by atoms with Crippen LogP contribution >= 0.6 is 0 Å². The van der Waals surface area contributed by atoms with Gasteiger partial charge in [-0.2, -0.15) is 0 Å². The molecule has 1 aliphatic carbocycles. The molecule has 1 fully saturated rings. The minimum Gasteiger partial charge on any atom is -0.376 e. The number of benzene rings is 2. The zero-order valence-electron chi connectivity index (χ0n) is 15.5. The molecule has 0 radical (unpaired) electrons. The molecular weight excluding hydrogens is 332 g/mol. The maximum atomic E-state index is 13.8. The highest BCUT2D eigenvalue weighted by molar-refractivity contribution is 5.37. The first-order chi connectivity index (χ1) is 12.6. The standard InChI is InChI=1S/C22H27F2NO/c1-15-5-3-6-16(2)22(15)18(12-25-11-17-9-10-17)13-26-14-19-20(23)7-4-8-21(19)24/h3-8,17-18,25H,9-14H2,1-2H3. The summed E-state index contributed by atoms with van der Waals surface area (Å²) in [5, 5.41) is 3.54. The number of hydrogen-bond donors (Lipinski definition) is 1. The van der Waals surface area contributed by atoms with Crippen molar-refractivity contribution in [1.29, 1.82) is 0 Å². The third-order valence-electron chi connectivity index (χ3n) is 5.10. The van der Waals surface area contributed by atoms with Crippen LogP contribution in [0.4, 0.5) is 8.78 Å². The summed E-state index contributed by atoms with van der Waals surface area (Å²) in [4.78, 5) is 0. The molecule has 2 aromatic carbocycles. The van der Waals surface area contributed by atoms with Crippen molar-refractivity contribution in [1.82, 2.24) is 5.32 Å². The van der Waals surface area contributed by atoms with Gasteiger partial charge in [0.1, 0.15) is 11.6 Å². The van der Waals surface area contributed by atoms with E-state index in [2.05, 4.69) is 37.4 Å². The van der Waals surface area contributed by atoms with Crippen LogP contribution in [-0.2, 0) is 11.3 Å². The van der Waals surface area contributed by atoms with E-state index >= 15 is 0 Å². The number of hydrogen-bond acceptors (Lipinski definition) is 2. The molecule has 0 bridgehead atoms. The summed E-state index contributed by atoms with van der Waals surface area (Å²) in [5.74, 6) is -0.146. The van der Waals surface area contributed by atoms with Crippen LogP contribution in [0.3, 0.4) is 0 Å². The normalized spacial score (nSPS) is 15.2. The van der Waals surface area contributed by atoms with Crippen molar-refractivity contribution in [2.24, 2.45) is 5.92 Å². The van der Waals surface area contributed by atoms with Crippen LogP contribution in [0, 0.1) is 31.4 Å². The van der Waals surface area contributed by atoms with Crippen LogP contribution in [-0.4, -0.2) is 19.7 Å². The molecule has 0 amide bonds. The van der Waals surface area contributed by atoms with E-state index in [1.807, 2.05) is 0 Å². The first kappa shape index (κ1) is 19.0. The minimum atomic E-state index is -0.555. The summed E-state index contributed by atoms with van der Waals surface area (Å²) in [6.07, 6.45) is 2.62. The first-order valence-electron chi connectivity index (χ1n) is 9.33. The molecule has 1 aliphatic rings. The summed E-state index contributed by atoms with van der Waals surface area (Å²) in [6, 6.07) is 10.2. The fourth-order valence-corrected chi connectivity index (χ4v) is 3.47. The van der Waals surface area contributed by atoms with Gasteiger partial charge in [-0.05, 0) is 68.0 Å². The highest BCUT2D eigenvalue weighted by atomic mass is 19.1. The molecule has 1 N–H and O–H groups in total. The smallest absolute Gasteiger partial charge is 0.131 e. The Morgan fingerprint density at radius 1 is 1.04 bits per heavy atom. The lowest BCUT2D eigenvalue weighted by atomic mass is 9.91. The van der Waals surface area contributed by atoms with Gasteiger partial charge in [-0.1, -0.05) is 24.3 Å². The molecule has 0 spiro atoms. The van der Waals surface area contributed by atoms with Crippen molar-refractivity contribution in [2.45, 2.75) is 39.2 Å². The maximum absolute atomic E-state index is 13.8. The Bertz CT molecular complexity index is 702. The predicted molar refractivity (Wildman–Crippen MR) is 100 cm³/mol. The van der Waals surface area contributed by atoms with E-state index in [0.717, 1.165) is 19.0 Å². The lowest BCUT2D eigenvalue weighted by Gasteiger charge is -2.22. The predicted octanol–water partition coefficient (Wildman–Crippen LogP) is 4.88. The zero-order chi connectivity index (χ0) is 18.5. The third-order valence-corrected chi connectivity index (χ3v) is 5.10. The average Bonchev–Trinajstić information content (AvgIpc) is 3.41. The van der Waals surface area contributed by atoms with Crippen LogP contribution < -0.4 is 5.32 Å². The van der Waals surface area contributed by atoms with Crippen LogP contribution in [0.5, 0.6) is 0 Å². The highest BCUT2D eigenvalue weighted by Gasteiger charge is 2.22.